The summed E-state index contributed by atoms with van der Waals surface area (Å²) in [5, 5.41) is 3.71. The number of aryl methyl sites for hydroxylation is 1. The number of hydrogen-bond acceptors (Lipinski definition) is 6. The van der Waals surface area contributed by atoms with E-state index in [1.807, 2.05) is 31.2 Å². The number of anilines is 1. The van der Waals surface area contributed by atoms with Crippen LogP contribution in [0.15, 0.2) is 42.5 Å². The van der Waals surface area contributed by atoms with Crippen molar-refractivity contribution in [3.8, 4) is 5.75 Å². The number of fused-ring (bicyclic) bond motifs is 1. The molecule has 7 heteroatoms. The fourth-order valence-corrected chi connectivity index (χ4v) is 3.43. The molecule has 1 unspecified atom stereocenters. The molecule has 0 fully saturated rings. The molecule has 0 saturated heterocycles. The van der Waals surface area contributed by atoms with Crippen LogP contribution in [0.25, 0.3) is 0 Å². The second kappa shape index (κ2) is 8.10. The molecule has 0 amide bonds. The smallest absolute Gasteiger partial charge is 0.365 e. The standard InChI is InChI=1S/C21H22ClNO5/c1-4-26-19(24)21(20(25)27-5-2)18(23-15-8-6-7-13(3)11-15)16-12-14(22)9-10-17(16)28-21/h6-12,18,23H,4-5H2,1-3H3. The molecule has 28 heavy (non-hydrogen) atoms. The molecule has 0 bridgehead atoms. The summed E-state index contributed by atoms with van der Waals surface area (Å²) in [5.74, 6) is -1.26. The average molecular weight is 404 g/mol. The van der Waals surface area contributed by atoms with Crippen LogP contribution in [0.4, 0.5) is 5.69 Å². The van der Waals surface area contributed by atoms with Gasteiger partial charge in [-0.15, -0.1) is 0 Å². The van der Waals surface area contributed by atoms with Gasteiger partial charge in [-0.3, -0.25) is 0 Å². The summed E-state index contributed by atoms with van der Waals surface area (Å²) in [7, 11) is 0. The minimum absolute atomic E-state index is 0.0949. The van der Waals surface area contributed by atoms with Gasteiger partial charge >= 0.3 is 17.5 Å². The molecule has 0 aliphatic carbocycles. The van der Waals surface area contributed by atoms with E-state index in [2.05, 4.69) is 5.32 Å². The van der Waals surface area contributed by atoms with Crippen LogP contribution >= 0.6 is 11.6 Å². The molecular formula is C21H22ClNO5. The maximum Gasteiger partial charge on any atom is 0.365 e. The van der Waals surface area contributed by atoms with Crippen LogP contribution in [-0.2, 0) is 19.1 Å². The first-order chi connectivity index (χ1) is 13.4. The first-order valence-corrected chi connectivity index (χ1v) is 9.46. The Morgan fingerprint density at radius 2 is 1.79 bits per heavy atom. The Balaban J connectivity index is 2.15. The number of rotatable bonds is 6. The zero-order valence-electron chi connectivity index (χ0n) is 16.0. The van der Waals surface area contributed by atoms with Gasteiger partial charge in [-0.25, -0.2) is 9.59 Å². The molecule has 1 aliphatic rings. The van der Waals surface area contributed by atoms with Crippen LogP contribution in [0.1, 0.15) is 31.0 Å². The van der Waals surface area contributed by atoms with E-state index in [1.54, 1.807) is 32.0 Å². The van der Waals surface area contributed by atoms with Gasteiger partial charge in [-0.1, -0.05) is 23.7 Å². The van der Waals surface area contributed by atoms with Gasteiger partial charge in [0.2, 0.25) is 0 Å². The van der Waals surface area contributed by atoms with E-state index in [4.69, 9.17) is 25.8 Å². The molecule has 1 N–H and O–H groups in total. The lowest BCUT2D eigenvalue weighted by Gasteiger charge is -2.30. The Hall–Kier alpha value is -2.73. The van der Waals surface area contributed by atoms with E-state index in [1.165, 1.54) is 0 Å². The number of esters is 2. The quantitative estimate of drug-likeness (QED) is 0.579. The molecule has 2 aromatic carbocycles. The molecule has 1 atom stereocenters. The largest absolute Gasteiger partial charge is 0.462 e. The van der Waals surface area contributed by atoms with Crippen molar-refractivity contribution in [1.29, 1.82) is 0 Å². The van der Waals surface area contributed by atoms with Gasteiger partial charge in [-0.05, 0) is 56.7 Å². The lowest BCUT2D eigenvalue weighted by atomic mass is 9.90. The molecule has 2 aromatic rings. The van der Waals surface area contributed by atoms with Crippen LogP contribution in [0.2, 0.25) is 5.02 Å². The van der Waals surface area contributed by atoms with Crippen LogP contribution in [-0.4, -0.2) is 30.8 Å². The third kappa shape index (κ3) is 3.52. The Morgan fingerprint density at radius 3 is 2.39 bits per heavy atom. The summed E-state index contributed by atoms with van der Waals surface area (Å²) in [5.41, 5.74) is 0.311. The lowest BCUT2D eigenvalue weighted by molar-refractivity contribution is -0.179. The third-order valence-electron chi connectivity index (χ3n) is 4.45. The predicted octanol–water partition coefficient (Wildman–Crippen LogP) is 4.06. The van der Waals surface area contributed by atoms with Crippen molar-refractivity contribution >= 4 is 29.2 Å². The van der Waals surface area contributed by atoms with Crippen molar-refractivity contribution in [2.45, 2.75) is 32.4 Å². The van der Waals surface area contributed by atoms with Gasteiger partial charge in [0.15, 0.2) is 0 Å². The number of carbonyl (C=O) groups is 2. The summed E-state index contributed by atoms with van der Waals surface area (Å²) in [6, 6.07) is 11.6. The normalized spacial score (nSPS) is 16.6. The van der Waals surface area contributed by atoms with Crippen molar-refractivity contribution in [2.75, 3.05) is 18.5 Å². The van der Waals surface area contributed by atoms with Crippen LogP contribution in [0.3, 0.4) is 0 Å². The zero-order chi connectivity index (χ0) is 20.3. The number of nitrogens with one attached hydrogen (secondary N) is 1. The first-order valence-electron chi connectivity index (χ1n) is 9.08. The molecule has 0 saturated carbocycles. The van der Waals surface area contributed by atoms with Gasteiger partial charge in [0.25, 0.3) is 0 Å². The molecular weight excluding hydrogens is 382 g/mol. The second-order valence-electron chi connectivity index (χ2n) is 6.41. The molecule has 6 nitrogen and oxygen atoms in total. The van der Waals surface area contributed by atoms with E-state index in [0.29, 0.717) is 16.3 Å². The number of halogens is 1. The lowest BCUT2D eigenvalue weighted by Crippen LogP contribution is -2.57. The van der Waals surface area contributed by atoms with E-state index < -0.39 is 23.6 Å². The summed E-state index contributed by atoms with van der Waals surface area (Å²) in [6.07, 6.45) is 0. The third-order valence-corrected chi connectivity index (χ3v) is 4.68. The van der Waals surface area contributed by atoms with E-state index in [-0.39, 0.29) is 13.2 Å². The maximum atomic E-state index is 13.0. The Labute approximate surface area is 168 Å². The molecule has 3 rings (SSSR count). The SMILES string of the molecule is CCOC(=O)C1(C(=O)OCC)Oc2ccc(Cl)cc2C1Nc1cccc(C)c1. The number of hydrogen-bond donors (Lipinski definition) is 1. The number of ether oxygens (including phenoxy) is 3. The fraction of sp³-hybridized carbons (Fsp3) is 0.333. The Bertz CT molecular complexity index is 880. The molecule has 1 aliphatic heterocycles. The van der Waals surface area contributed by atoms with Crippen molar-refractivity contribution < 1.29 is 23.8 Å². The Kier molecular flexibility index (Phi) is 5.79. The number of carbonyl (C=O) groups excluding carboxylic acids is 2. The highest BCUT2D eigenvalue weighted by Crippen LogP contribution is 2.47. The highest BCUT2D eigenvalue weighted by molar-refractivity contribution is 6.30. The average Bonchev–Trinajstić information content (AvgIpc) is 2.97. The highest BCUT2D eigenvalue weighted by Gasteiger charge is 2.63. The number of benzene rings is 2. The molecule has 0 spiro atoms. The Morgan fingerprint density at radius 1 is 1.11 bits per heavy atom. The van der Waals surface area contributed by atoms with Crippen molar-refractivity contribution in [3.05, 3.63) is 58.6 Å². The first kappa shape index (κ1) is 20.0. The van der Waals surface area contributed by atoms with Gasteiger partial charge in [0.1, 0.15) is 11.8 Å². The monoisotopic (exact) mass is 403 g/mol. The second-order valence-corrected chi connectivity index (χ2v) is 6.84. The van der Waals surface area contributed by atoms with Crippen LogP contribution in [0.5, 0.6) is 5.75 Å². The summed E-state index contributed by atoms with van der Waals surface area (Å²) in [4.78, 5) is 26.0. The predicted molar refractivity (Wildman–Crippen MR) is 106 cm³/mol. The van der Waals surface area contributed by atoms with Crippen molar-refractivity contribution in [3.63, 3.8) is 0 Å². The van der Waals surface area contributed by atoms with Gasteiger partial charge in [0, 0.05) is 16.3 Å². The molecule has 148 valence electrons. The van der Waals surface area contributed by atoms with E-state index in [0.717, 1.165) is 11.3 Å². The van der Waals surface area contributed by atoms with Crippen LogP contribution in [0, 0.1) is 6.92 Å². The highest BCUT2D eigenvalue weighted by atomic mass is 35.5. The van der Waals surface area contributed by atoms with E-state index >= 15 is 0 Å². The summed E-state index contributed by atoms with van der Waals surface area (Å²) < 4.78 is 16.3. The molecule has 0 radical (unpaired) electrons. The zero-order valence-corrected chi connectivity index (χ0v) is 16.7. The molecule has 1 heterocycles. The topological polar surface area (TPSA) is 73.9 Å². The van der Waals surface area contributed by atoms with E-state index in [9.17, 15) is 9.59 Å². The van der Waals surface area contributed by atoms with Crippen molar-refractivity contribution in [2.24, 2.45) is 0 Å². The van der Waals surface area contributed by atoms with Gasteiger partial charge in [-0.2, -0.15) is 0 Å². The van der Waals surface area contributed by atoms with Gasteiger partial charge < -0.3 is 19.5 Å². The summed E-state index contributed by atoms with van der Waals surface area (Å²) in [6.45, 7) is 5.47. The fourth-order valence-electron chi connectivity index (χ4n) is 3.25. The molecule has 0 aromatic heterocycles. The maximum absolute atomic E-state index is 13.0. The summed E-state index contributed by atoms with van der Waals surface area (Å²) >= 11 is 6.18. The van der Waals surface area contributed by atoms with Gasteiger partial charge in [0.05, 0.1) is 13.2 Å². The van der Waals surface area contributed by atoms with Crippen molar-refractivity contribution in [1.82, 2.24) is 0 Å². The van der Waals surface area contributed by atoms with Crippen LogP contribution < -0.4 is 10.1 Å². The minimum Gasteiger partial charge on any atom is -0.462 e. The minimum atomic E-state index is -2.01.